The fraction of sp³-hybridized carbons (Fsp3) is 0.533. The van der Waals surface area contributed by atoms with E-state index in [2.05, 4.69) is 15.2 Å². The van der Waals surface area contributed by atoms with Crippen molar-refractivity contribution in [3.05, 3.63) is 46.4 Å². The number of pyridine rings is 1. The molecule has 1 N–H and O–H groups in total. The number of aromatic amines is 1. The van der Waals surface area contributed by atoms with E-state index in [0.29, 0.717) is 12.3 Å². The average molecular weight is 272 g/mol. The van der Waals surface area contributed by atoms with Crippen molar-refractivity contribution in [3.63, 3.8) is 0 Å². The summed E-state index contributed by atoms with van der Waals surface area (Å²) in [7, 11) is 0. The lowest BCUT2D eigenvalue weighted by Crippen LogP contribution is -2.24. The van der Waals surface area contributed by atoms with Crippen LogP contribution in [0.15, 0.2) is 29.3 Å². The highest BCUT2D eigenvalue weighted by Crippen LogP contribution is 2.25. The predicted molar refractivity (Wildman–Crippen MR) is 76.5 cm³/mol. The van der Waals surface area contributed by atoms with Crippen LogP contribution in [-0.4, -0.2) is 19.7 Å². The van der Waals surface area contributed by atoms with Crippen molar-refractivity contribution in [2.45, 2.75) is 45.1 Å². The number of nitrogens with one attached hydrogen (secondary N) is 1. The Kier molecular flexibility index (Phi) is 3.95. The zero-order valence-corrected chi connectivity index (χ0v) is 11.6. The van der Waals surface area contributed by atoms with Gasteiger partial charge in [-0.25, -0.2) is 9.89 Å². The van der Waals surface area contributed by atoms with Crippen molar-refractivity contribution in [1.82, 2.24) is 19.7 Å². The van der Waals surface area contributed by atoms with Gasteiger partial charge < -0.3 is 0 Å². The Morgan fingerprint density at radius 2 is 1.95 bits per heavy atom. The first-order valence-corrected chi connectivity index (χ1v) is 7.36. The van der Waals surface area contributed by atoms with Gasteiger partial charge in [0.05, 0.1) is 0 Å². The van der Waals surface area contributed by atoms with E-state index in [1.54, 1.807) is 12.4 Å². The van der Waals surface area contributed by atoms with Crippen LogP contribution in [0.3, 0.4) is 0 Å². The van der Waals surface area contributed by atoms with Crippen molar-refractivity contribution < 1.29 is 0 Å². The van der Waals surface area contributed by atoms with E-state index in [-0.39, 0.29) is 5.69 Å². The topological polar surface area (TPSA) is 63.6 Å². The first-order valence-electron chi connectivity index (χ1n) is 7.36. The number of rotatable bonds is 4. The van der Waals surface area contributed by atoms with Crippen molar-refractivity contribution in [1.29, 1.82) is 0 Å². The average Bonchev–Trinajstić information content (AvgIpc) is 2.83. The molecule has 1 aliphatic rings. The first-order chi connectivity index (χ1) is 9.83. The highest BCUT2D eigenvalue weighted by atomic mass is 16.1. The molecule has 0 unspecified atom stereocenters. The fourth-order valence-electron chi connectivity index (χ4n) is 2.98. The molecule has 20 heavy (non-hydrogen) atoms. The molecule has 1 aliphatic carbocycles. The minimum Gasteiger partial charge on any atom is -0.279 e. The summed E-state index contributed by atoms with van der Waals surface area (Å²) in [5.41, 5.74) is 1.04. The lowest BCUT2D eigenvalue weighted by atomic mass is 9.89. The van der Waals surface area contributed by atoms with Crippen LogP contribution in [0, 0.1) is 5.92 Å². The standard InChI is InChI=1S/C15H20N4O/c20-15-18-17-14(10-12-6-8-16-9-7-12)19(15)11-13-4-2-1-3-5-13/h6-9,13H,1-5,10-11H2,(H,18,20). The number of aromatic nitrogens is 4. The summed E-state index contributed by atoms with van der Waals surface area (Å²) in [6.07, 6.45) is 10.6. The first kappa shape index (κ1) is 13.1. The fourth-order valence-corrected chi connectivity index (χ4v) is 2.98. The lowest BCUT2D eigenvalue weighted by Gasteiger charge is -2.21. The van der Waals surface area contributed by atoms with E-state index in [1.807, 2.05) is 16.7 Å². The molecule has 0 aromatic carbocycles. The van der Waals surface area contributed by atoms with Crippen molar-refractivity contribution >= 4 is 0 Å². The highest BCUT2D eigenvalue weighted by Gasteiger charge is 2.17. The van der Waals surface area contributed by atoms with Gasteiger partial charge in [0, 0.05) is 25.4 Å². The molecular formula is C15H20N4O. The van der Waals surface area contributed by atoms with Crippen molar-refractivity contribution in [2.75, 3.05) is 0 Å². The molecule has 0 spiro atoms. The number of hydrogen-bond donors (Lipinski definition) is 1. The van der Waals surface area contributed by atoms with E-state index in [4.69, 9.17) is 0 Å². The van der Waals surface area contributed by atoms with Crippen LogP contribution in [0.2, 0.25) is 0 Å². The molecule has 0 bridgehead atoms. The molecule has 0 atom stereocenters. The Bertz CT molecular complexity index is 596. The third kappa shape index (κ3) is 2.98. The van der Waals surface area contributed by atoms with Gasteiger partial charge in [-0.3, -0.25) is 9.55 Å². The van der Waals surface area contributed by atoms with Gasteiger partial charge in [0.2, 0.25) is 0 Å². The van der Waals surface area contributed by atoms with Crippen LogP contribution in [0.5, 0.6) is 0 Å². The van der Waals surface area contributed by atoms with Crippen LogP contribution < -0.4 is 5.69 Å². The number of hydrogen-bond acceptors (Lipinski definition) is 3. The Hall–Kier alpha value is -1.91. The predicted octanol–water partition coefficient (Wildman–Crippen LogP) is 2.14. The third-order valence-corrected chi connectivity index (χ3v) is 4.11. The number of H-pyrrole nitrogens is 1. The van der Waals surface area contributed by atoms with Gasteiger partial charge in [-0.1, -0.05) is 19.3 Å². The molecule has 5 heteroatoms. The lowest BCUT2D eigenvalue weighted by molar-refractivity contribution is 0.313. The maximum absolute atomic E-state index is 11.9. The SMILES string of the molecule is O=c1[nH]nc(Cc2ccncc2)n1CC1CCCCC1. The van der Waals surface area contributed by atoms with Gasteiger partial charge in [0.25, 0.3) is 0 Å². The molecule has 0 radical (unpaired) electrons. The largest absolute Gasteiger partial charge is 0.343 e. The summed E-state index contributed by atoms with van der Waals surface area (Å²) < 4.78 is 1.82. The molecule has 2 heterocycles. The highest BCUT2D eigenvalue weighted by molar-refractivity contribution is 5.15. The molecule has 0 saturated heterocycles. The Labute approximate surface area is 118 Å². The van der Waals surface area contributed by atoms with Gasteiger partial charge in [-0.2, -0.15) is 5.10 Å². The molecule has 2 aromatic rings. The normalized spacial score (nSPS) is 16.4. The quantitative estimate of drug-likeness (QED) is 0.927. The van der Waals surface area contributed by atoms with E-state index < -0.39 is 0 Å². The molecule has 1 saturated carbocycles. The number of nitrogens with zero attached hydrogens (tertiary/aromatic N) is 3. The van der Waals surface area contributed by atoms with Crippen LogP contribution in [0.25, 0.3) is 0 Å². The summed E-state index contributed by atoms with van der Waals surface area (Å²) in [4.78, 5) is 15.9. The molecular weight excluding hydrogens is 252 g/mol. The maximum atomic E-state index is 11.9. The Morgan fingerprint density at radius 3 is 2.70 bits per heavy atom. The molecule has 1 fully saturated rings. The summed E-state index contributed by atoms with van der Waals surface area (Å²) in [6.45, 7) is 0.801. The summed E-state index contributed by atoms with van der Waals surface area (Å²) in [5, 5.41) is 6.77. The summed E-state index contributed by atoms with van der Waals surface area (Å²) >= 11 is 0. The zero-order valence-electron chi connectivity index (χ0n) is 11.6. The third-order valence-electron chi connectivity index (χ3n) is 4.11. The van der Waals surface area contributed by atoms with E-state index in [9.17, 15) is 4.79 Å². The van der Waals surface area contributed by atoms with Crippen LogP contribution in [0.4, 0.5) is 0 Å². The van der Waals surface area contributed by atoms with Crippen LogP contribution >= 0.6 is 0 Å². The summed E-state index contributed by atoms with van der Waals surface area (Å²) in [6, 6.07) is 3.92. The summed E-state index contributed by atoms with van der Waals surface area (Å²) in [5.74, 6) is 1.45. The van der Waals surface area contributed by atoms with Gasteiger partial charge in [0.1, 0.15) is 5.82 Å². The Balaban J connectivity index is 1.76. The molecule has 106 valence electrons. The van der Waals surface area contributed by atoms with Crippen molar-refractivity contribution in [2.24, 2.45) is 5.92 Å². The van der Waals surface area contributed by atoms with Gasteiger partial charge in [-0.05, 0) is 36.5 Å². The van der Waals surface area contributed by atoms with E-state index >= 15 is 0 Å². The molecule has 3 rings (SSSR count). The maximum Gasteiger partial charge on any atom is 0.343 e. The molecule has 5 nitrogen and oxygen atoms in total. The molecule has 2 aromatic heterocycles. The van der Waals surface area contributed by atoms with Gasteiger partial charge >= 0.3 is 5.69 Å². The van der Waals surface area contributed by atoms with E-state index in [0.717, 1.165) is 17.9 Å². The molecule has 0 aliphatic heterocycles. The Morgan fingerprint density at radius 1 is 1.20 bits per heavy atom. The zero-order chi connectivity index (χ0) is 13.8. The monoisotopic (exact) mass is 272 g/mol. The van der Waals surface area contributed by atoms with Gasteiger partial charge in [-0.15, -0.1) is 0 Å². The second-order valence-electron chi connectivity index (χ2n) is 5.59. The van der Waals surface area contributed by atoms with E-state index in [1.165, 1.54) is 32.1 Å². The second kappa shape index (κ2) is 6.03. The molecule has 0 amide bonds. The smallest absolute Gasteiger partial charge is 0.279 e. The van der Waals surface area contributed by atoms with Gasteiger partial charge in [0.15, 0.2) is 0 Å². The van der Waals surface area contributed by atoms with Crippen LogP contribution in [-0.2, 0) is 13.0 Å². The van der Waals surface area contributed by atoms with Crippen molar-refractivity contribution in [3.8, 4) is 0 Å². The minimum atomic E-state index is -0.0837. The van der Waals surface area contributed by atoms with Crippen LogP contribution in [0.1, 0.15) is 43.5 Å². The minimum absolute atomic E-state index is 0.0837. The second-order valence-corrected chi connectivity index (χ2v) is 5.59.